The fourth-order valence-electron chi connectivity index (χ4n) is 8.32. The van der Waals surface area contributed by atoms with Crippen LogP contribution in [-0.2, 0) is 37.1 Å². The maximum atomic E-state index is 3.33. The molecule has 1 unspecified atom stereocenters. The largest absolute Gasteiger partial charge is 0.179 e. The number of benzene rings is 3. The molecule has 3 aromatic rings. The summed E-state index contributed by atoms with van der Waals surface area (Å²) in [4.78, 5) is 0. The van der Waals surface area contributed by atoms with Crippen molar-refractivity contribution in [2.75, 3.05) is 0 Å². The Labute approximate surface area is 268 Å². The standard InChI is InChI=1S/C16H21.C13H9.C8H8.2ClH.Zr/c1-15(4-2-3-5-15)16-9-12-6-13(10-16)8-14(7-12)11-16;1-3-7-12-10(5-1)9-11-6-2-4-8-13(11)12;1-2-8-6-4-3-5-7-8;;;/h2,4-5,12-14H,6-11H2,1H3;1-5,7-8H,9H2;1,3-7H,2H2;2*1H;/q2*-1;;;;+2/p-2. The third-order valence-corrected chi connectivity index (χ3v) is 10.4. The summed E-state index contributed by atoms with van der Waals surface area (Å²) in [6.45, 7) is 2.46. The van der Waals surface area contributed by atoms with Crippen LogP contribution in [0, 0.1) is 40.7 Å². The van der Waals surface area contributed by atoms with E-state index in [0.717, 1.165) is 30.6 Å². The number of hydrogen-bond donors (Lipinski definition) is 0. The van der Waals surface area contributed by atoms with Gasteiger partial charge in [-0.05, 0) is 68.1 Å². The van der Waals surface area contributed by atoms with Crippen LogP contribution >= 0.6 is 0 Å². The molecule has 6 aliphatic carbocycles. The van der Waals surface area contributed by atoms with Gasteiger partial charge in [0.05, 0.1) is 0 Å². The molecule has 4 fully saturated rings. The molecular formula is C37H38Cl2Zr-2. The van der Waals surface area contributed by atoms with Crippen molar-refractivity contribution < 1.29 is 49.0 Å². The van der Waals surface area contributed by atoms with Crippen molar-refractivity contribution in [3.63, 3.8) is 0 Å². The first kappa shape index (κ1) is 31.4. The molecule has 0 amide bonds. The van der Waals surface area contributed by atoms with Crippen molar-refractivity contribution >= 4 is 3.71 Å². The fourth-order valence-corrected chi connectivity index (χ4v) is 8.90. The molecule has 40 heavy (non-hydrogen) atoms. The van der Waals surface area contributed by atoms with Gasteiger partial charge in [-0.2, -0.15) is 35.9 Å². The average molecular weight is 645 g/mol. The molecule has 0 N–H and O–H groups in total. The third-order valence-electron chi connectivity index (χ3n) is 9.89. The van der Waals surface area contributed by atoms with Crippen LogP contribution in [-0.4, -0.2) is 3.71 Å². The van der Waals surface area contributed by atoms with Crippen molar-refractivity contribution in [3.8, 4) is 11.1 Å². The first-order valence-corrected chi connectivity index (χ1v) is 15.9. The topological polar surface area (TPSA) is 0 Å². The van der Waals surface area contributed by atoms with Crippen molar-refractivity contribution in [1.82, 2.24) is 0 Å². The van der Waals surface area contributed by atoms with Crippen molar-refractivity contribution in [2.24, 2.45) is 28.6 Å². The third kappa shape index (κ3) is 6.43. The monoisotopic (exact) mass is 642 g/mol. The Morgan fingerprint density at radius 2 is 1.45 bits per heavy atom. The van der Waals surface area contributed by atoms with Crippen LogP contribution in [0.2, 0.25) is 0 Å². The van der Waals surface area contributed by atoms with Crippen molar-refractivity contribution in [1.29, 1.82) is 0 Å². The van der Waals surface area contributed by atoms with Crippen LogP contribution in [0.25, 0.3) is 11.1 Å². The first-order chi connectivity index (χ1) is 18.6. The predicted molar refractivity (Wildman–Crippen MR) is 155 cm³/mol. The molecule has 0 aromatic heterocycles. The summed E-state index contributed by atoms with van der Waals surface area (Å²) in [7, 11) is 0. The van der Waals surface area contributed by atoms with E-state index < -0.39 is 0 Å². The molecule has 6 aliphatic rings. The second kappa shape index (κ2) is 13.6. The molecule has 206 valence electrons. The smallest absolute Gasteiger partial charge is 0.0253 e. The minimum absolute atomic E-state index is 0. The Morgan fingerprint density at radius 1 is 0.825 bits per heavy atom. The Morgan fingerprint density at radius 3 is 2.08 bits per heavy atom. The van der Waals surface area contributed by atoms with Crippen LogP contribution in [0.5, 0.6) is 0 Å². The fraction of sp³-hybridized carbons (Fsp3) is 0.378. The second-order valence-corrected chi connectivity index (χ2v) is 13.4. The van der Waals surface area contributed by atoms with Gasteiger partial charge in [-0.25, -0.2) is 12.2 Å². The van der Waals surface area contributed by atoms with Crippen LogP contribution in [0.15, 0.2) is 91.0 Å². The summed E-state index contributed by atoms with van der Waals surface area (Å²) >= 11 is 1.51. The molecule has 0 nitrogen and oxygen atoms in total. The van der Waals surface area contributed by atoms with Crippen LogP contribution in [0.3, 0.4) is 0 Å². The number of halogens is 2. The summed E-state index contributed by atoms with van der Waals surface area (Å²) in [5.74, 6) is 3.18. The zero-order chi connectivity index (χ0) is 26.0. The van der Waals surface area contributed by atoms with E-state index in [-0.39, 0.29) is 24.8 Å². The zero-order valence-electron chi connectivity index (χ0n) is 23.4. The summed E-state index contributed by atoms with van der Waals surface area (Å²) in [5.41, 5.74) is 7.87. The van der Waals surface area contributed by atoms with Gasteiger partial charge in [0.1, 0.15) is 0 Å². The van der Waals surface area contributed by atoms with Gasteiger partial charge in [-0.3, -0.25) is 6.08 Å². The molecule has 1 atom stereocenters. The predicted octanol–water partition coefficient (Wildman–Crippen LogP) is 2.78. The Bertz CT molecular complexity index is 1250. The van der Waals surface area contributed by atoms with Crippen LogP contribution < -0.4 is 24.8 Å². The Balaban J connectivity index is 0.000000141. The number of fused-ring (bicyclic) bond motifs is 3. The maximum Gasteiger partial charge on any atom is -0.0253 e. The van der Waals surface area contributed by atoms with Gasteiger partial charge in [0.2, 0.25) is 0 Å². The number of hydrogen-bond acceptors (Lipinski definition) is 0. The van der Waals surface area contributed by atoms with E-state index in [9.17, 15) is 0 Å². The SMILES string of the molecule is CC1(C23CC4CC(CC(C4)C2)C3)C=[C-]C=C1.[Cl-].[Cl-].[Zr+2]=[CH]Cc1ccccc1.[c-]1cccc2c1Cc1ccccc1-2. The molecule has 4 saturated carbocycles. The molecule has 0 spiro atoms. The summed E-state index contributed by atoms with van der Waals surface area (Å²) in [6.07, 6.45) is 21.6. The second-order valence-electron chi connectivity index (χ2n) is 12.4. The van der Waals surface area contributed by atoms with E-state index in [0.29, 0.717) is 10.8 Å². The molecule has 0 saturated heterocycles. The van der Waals surface area contributed by atoms with Gasteiger partial charge in [0.15, 0.2) is 0 Å². The molecule has 4 bridgehead atoms. The van der Waals surface area contributed by atoms with Crippen LogP contribution in [0.4, 0.5) is 0 Å². The van der Waals surface area contributed by atoms with Gasteiger partial charge in [-0.15, -0.1) is 5.56 Å². The minimum atomic E-state index is 0. The zero-order valence-corrected chi connectivity index (χ0v) is 27.4. The van der Waals surface area contributed by atoms with Gasteiger partial charge >= 0.3 is 70.3 Å². The van der Waals surface area contributed by atoms with Crippen LogP contribution in [0.1, 0.15) is 62.1 Å². The normalized spacial score (nSPS) is 29.0. The van der Waals surface area contributed by atoms with E-state index in [1.807, 2.05) is 12.1 Å². The van der Waals surface area contributed by atoms with Crippen molar-refractivity contribution in [2.45, 2.75) is 58.3 Å². The van der Waals surface area contributed by atoms with Crippen molar-refractivity contribution in [3.05, 3.63) is 120 Å². The van der Waals surface area contributed by atoms with E-state index in [1.165, 1.54) is 71.3 Å². The number of rotatable bonds is 3. The summed E-state index contributed by atoms with van der Waals surface area (Å²) in [6, 6.07) is 28.6. The molecule has 0 radical (unpaired) electrons. The number of allylic oxidation sites excluding steroid dienone is 4. The Kier molecular flexibility index (Phi) is 10.7. The van der Waals surface area contributed by atoms with E-state index in [4.69, 9.17) is 0 Å². The molecule has 0 aliphatic heterocycles. The molecule has 3 aromatic carbocycles. The summed E-state index contributed by atoms with van der Waals surface area (Å²) < 4.78 is 2.25. The van der Waals surface area contributed by atoms with E-state index in [2.05, 4.69) is 102 Å². The quantitative estimate of drug-likeness (QED) is 0.301. The minimum Gasteiger partial charge on any atom is -0.179 e. The molecule has 3 heteroatoms. The maximum absolute atomic E-state index is 3.33. The summed E-state index contributed by atoms with van der Waals surface area (Å²) in [5, 5.41) is 0. The molecule has 9 rings (SSSR count). The van der Waals surface area contributed by atoms with Gasteiger partial charge in [-0.1, -0.05) is 47.7 Å². The van der Waals surface area contributed by atoms with Gasteiger partial charge in [0, 0.05) is 0 Å². The average Bonchev–Trinajstić information content (AvgIpc) is 3.54. The Hall–Kier alpha value is -1.53. The first-order valence-electron chi connectivity index (χ1n) is 14.5. The molecule has 0 heterocycles. The van der Waals surface area contributed by atoms with E-state index >= 15 is 0 Å². The molecular weight excluding hydrogens is 607 g/mol. The van der Waals surface area contributed by atoms with Gasteiger partial charge < -0.3 is 24.8 Å². The van der Waals surface area contributed by atoms with Gasteiger partial charge in [0.25, 0.3) is 0 Å². The van der Waals surface area contributed by atoms with E-state index in [1.54, 1.807) is 19.3 Å².